The summed E-state index contributed by atoms with van der Waals surface area (Å²) in [7, 11) is 0. The summed E-state index contributed by atoms with van der Waals surface area (Å²) < 4.78 is 1.96. The number of carbonyl (C=O) groups is 1. The third-order valence-corrected chi connectivity index (χ3v) is 8.16. The number of aryl methyl sites for hydroxylation is 1. The molecule has 184 valence electrons. The second-order valence-corrected chi connectivity index (χ2v) is 10.5. The third kappa shape index (κ3) is 3.63. The number of nitrogen functional groups attached to an aromatic ring is 1. The van der Waals surface area contributed by atoms with Crippen LogP contribution >= 0.6 is 11.6 Å². The second kappa shape index (κ2) is 8.55. The van der Waals surface area contributed by atoms with Crippen molar-refractivity contribution in [3.05, 3.63) is 64.2 Å². The normalized spacial score (nSPS) is 20.0. The molecule has 0 radical (unpaired) electrons. The number of aromatic nitrogens is 5. The average molecular weight is 502 g/mol. The first kappa shape index (κ1) is 22.9. The van der Waals surface area contributed by atoms with Gasteiger partial charge in [0.05, 0.1) is 11.3 Å². The minimum atomic E-state index is -1.03. The van der Waals surface area contributed by atoms with Crippen molar-refractivity contribution in [3.8, 4) is 11.5 Å². The number of fused-ring (bicyclic) bond motifs is 2. The van der Waals surface area contributed by atoms with Crippen molar-refractivity contribution in [2.24, 2.45) is 5.92 Å². The van der Waals surface area contributed by atoms with Crippen LogP contribution in [0.4, 0.5) is 11.6 Å². The summed E-state index contributed by atoms with van der Waals surface area (Å²) in [5.41, 5.74) is 10.1. The molecule has 1 aromatic carbocycles. The first-order valence-electron chi connectivity index (χ1n) is 12.4. The van der Waals surface area contributed by atoms with Gasteiger partial charge in [-0.3, -0.25) is 4.79 Å². The minimum Gasteiger partial charge on any atom is -0.383 e. The van der Waals surface area contributed by atoms with Gasteiger partial charge in [0.1, 0.15) is 22.7 Å². The van der Waals surface area contributed by atoms with Crippen molar-refractivity contribution < 1.29 is 4.79 Å². The molecule has 0 bridgehead atoms. The number of carbonyl (C=O) groups excluding carboxylic acids is 1. The molecule has 3 aromatic heterocycles. The summed E-state index contributed by atoms with van der Waals surface area (Å²) in [6, 6.07) is 5.56. The Bertz CT molecular complexity index is 1510. The minimum absolute atomic E-state index is 0.201. The van der Waals surface area contributed by atoms with Crippen LogP contribution in [0.15, 0.2) is 36.8 Å². The van der Waals surface area contributed by atoms with Gasteiger partial charge in [-0.2, -0.15) is 0 Å². The Labute approximate surface area is 214 Å². The number of nitrogens with zero attached hydrogens (tertiary/aromatic N) is 5. The first-order valence-corrected chi connectivity index (χ1v) is 12.8. The van der Waals surface area contributed by atoms with E-state index in [1.165, 1.54) is 32.1 Å². The Morgan fingerprint density at radius 1 is 1.19 bits per heavy atom. The van der Waals surface area contributed by atoms with E-state index in [1.54, 1.807) is 12.3 Å². The van der Waals surface area contributed by atoms with Crippen molar-refractivity contribution in [1.29, 1.82) is 0 Å². The van der Waals surface area contributed by atoms with Crippen LogP contribution in [0.1, 0.15) is 61.4 Å². The highest BCUT2D eigenvalue weighted by atomic mass is 35.5. The van der Waals surface area contributed by atoms with Gasteiger partial charge < -0.3 is 15.5 Å². The Kier molecular flexibility index (Phi) is 5.44. The molecule has 1 aliphatic carbocycles. The maximum atomic E-state index is 13.3. The summed E-state index contributed by atoms with van der Waals surface area (Å²) in [5.74, 6) is 1.46. The highest BCUT2D eigenvalue weighted by Gasteiger charge is 2.47. The second-order valence-electron chi connectivity index (χ2n) is 10.1. The summed E-state index contributed by atoms with van der Waals surface area (Å²) in [6.07, 6.45) is 12.7. The number of amides is 1. The third-order valence-electron chi connectivity index (χ3n) is 7.74. The highest BCUT2D eigenvalue weighted by molar-refractivity contribution is 6.31. The van der Waals surface area contributed by atoms with Gasteiger partial charge in [0.2, 0.25) is 5.91 Å². The van der Waals surface area contributed by atoms with Crippen LogP contribution in [-0.4, -0.2) is 30.2 Å². The van der Waals surface area contributed by atoms with Gasteiger partial charge >= 0.3 is 0 Å². The van der Waals surface area contributed by atoms with E-state index in [0.29, 0.717) is 33.8 Å². The molecule has 0 spiro atoms. The van der Waals surface area contributed by atoms with E-state index in [2.05, 4.69) is 15.3 Å². The molecule has 3 N–H and O–H groups in total. The van der Waals surface area contributed by atoms with Gasteiger partial charge in [0.25, 0.3) is 0 Å². The molecule has 0 saturated heterocycles. The van der Waals surface area contributed by atoms with Gasteiger partial charge in [0, 0.05) is 23.6 Å². The topological polar surface area (TPSA) is 111 Å². The predicted molar refractivity (Wildman–Crippen MR) is 140 cm³/mol. The Balaban J connectivity index is 1.43. The van der Waals surface area contributed by atoms with Crippen LogP contribution in [0.25, 0.3) is 17.2 Å². The van der Waals surface area contributed by atoms with Gasteiger partial charge in [0.15, 0.2) is 11.5 Å². The number of nitrogens with two attached hydrogens (primary N) is 1. The molecule has 1 amide bonds. The van der Waals surface area contributed by atoms with Crippen molar-refractivity contribution in [3.63, 3.8) is 0 Å². The molecule has 4 aromatic rings. The highest BCUT2D eigenvalue weighted by Crippen LogP contribution is 2.45. The number of imidazole rings is 1. The number of hydrogen-bond acceptors (Lipinski definition) is 6. The molecule has 1 aliphatic heterocycles. The monoisotopic (exact) mass is 501 g/mol. The Morgan fingerprint density at radius 3 is 2.78 bits per heavy atom. The fraction of sp³-hybridized carbons (Fsp3) is 0.370. The number of rotatable bonds is 4. The van der Waals surface area contributed by atoms with E-state index in [1.807, 2.05) is 42.8 Å². The fourth-order valence-electron chi connectivity index (χ4n) is 5.66. The van der Waals surface area contributed by atoms with E-state index in [0.717, 1.165) is 28.9 Å². The molecule has 36 heavy (non-hydrogen) atoms. The zero-order valence-corrected chi connectivity index (χ0v) is 21.1. The van der Waals surface area contributed by atoms with Crippen LogP contribution in [0.2, 0.25) is 5.02 Å². The van der Waals surface area contributed by atoms with E-state index < -0.39 is 5.41 Å². The quantitative estimate of drug-likeness (QED) is 0.402. The lowest BCUT2D eigenvalue weighted by Crippen LogP contribution is -2.33. The maximum absolute atomic E-state index is 13.3. The van der Waals surface area contributed by atoms with Gasteiger partial charge in [-0.25, -0.2) is 19.9 Å². The smallest absolute Gasteiger partial charge is 0.240 e. The molecule has 1 fully saturated rings. The summed E-state index contributed by atoms with van der Waals surface area (Å²) in [5, 5.41) is 3.58. The van der Waals surface area contributed by atoms with Crippen LogP contribution in [0, 0.1) is 12.8 Å². The van der Waals surface area contributed by atoms with E-state index >= 15 is 0 Å². The average Bonchev–Trinajstić information content (AvgIpc) is 3.44. The van der Waals surface area contributed by atoms with Crippen LogP contribution in [-0.2, 0) is 16.6 Å². The molecule has 2 aliphatic rings. The molecule has 8 nitrogen and oxygen atoms in total. The number of hydrogen-bond donors (Lipinski definition) is 2. The molecule has 6 rings (SSSR count). The largest absolute Gasteiger partial charge is 0.383 e. The van der Waals surface area contributed by atoms with E-state index in [9.17, 15) is 4.79 Å². The standard InChI is InChI=1S/C27H28ClN7O/c1-15-12-17(8-9-18(15)28)27(2)21-22(29)32-23(33-24(21)34-26(27)36)20-14-35-11-10-30-25(35)19(31-20)13-16-6-4-3-5-7-16/h8-12,14,16H,3-7,13H2,1-2H3,(H3,29,32,33,34,36). The van der Waals surface area contributed by atoms with Crippen LogP contribution in [0.5, 0.6) is 0 Å². The van der Waals surface area contributed by atoms with Crippen molar-refractivity contribution in [2.45, 2.75) is 57.8 Å². The maximum Gasteiger partial charge on any atom is 0.240 e. The van der Waals surface area contributed by atoms with Gasteiger partial charge in [-0.05, 0) is 43.4 Å². The zero-order chi connectivity index (χ0) is 25.0. The van der Waals surface area contributed by atoms with E-state index in [4.69, 9.17) is 27.3 Å². The Morgan fingerprint density at radius 2 is 2.00 bits per heavy atom. The zero-order valence-electron chi connectivity index (χ0n) is 20.4. The lowest BCUT2D eigenvalue weighted by Gasteiger charge is -2.24. The molecular weight excluding hydrogens is 474 g/mol. The predicted octanol–water partition coefficient (Wildman–Crippen LogP) is 5.11. The number of anilines is 2. The molecule has 1 atom stereocenters. The van der Waals surface area contributed by atoms with Crippen molar-refractivity contribution in [1.82, 2.24) is 24.3 Å². The van der Waals surface area contributed by atoms with Crippen molar-refractivity contribution >= 4 is 34.8 Å². The van der Waals surface area contributed by atoms with Gasteiger partial charge in [-0.15, -0.1) is 0 Å². The first-order chi connectivity index (χ1) is 17.3. The lowest BCUT2D eigenvalue weighted by molar-refractivity contribution is -0.119. The summed E-state index contributed by atoms with van der Waals surface area (Å²) in [4.78, 5) is 32.1. The Hall–Kier alpha value is -3.52. The van der Waals surface area contributed by atoms with Crippen LogP contribution < -0.4 is 11.1 Å². The number of halogens is 1. The fourth-order valence-corrected chi connectivity index (χ4v) is 5.78. The van der Waals surface area contributed by atoms with Gasteiger partial charge in [-0.1, -0.05) is 55.8 Å². The number of nitrogens with one attached hydrogen (secondary N) is 1. The molecule has 9 heteroatoms. The van der Waals surface area contributed by atoms with E-state index in [-0.39, 0.29) is 11.7 Å². The molecular formula is C27H28ClN7O. The summed E-state index contributed by atoms with van der Waals surface area (Å²) in [6.45, 7) is 3.75. The summed E-state index contributed by atoms with van der Waals surface area (Å²) >= 11 is 6.23. The SMILES string of the molecule is Cc1cc(C2(C)C(=O)Nc3nc(-c4cn5ccnc5c(CC5CCCCC5)n4)nc(N)c32)ccc1Cl. The molecule has 1 unspecified atom stereocenters. The van der Waals surface area contributed by atoms with Crippen molar-refractivity contribution in [2.75, 3.05) is 11.1 Å². The lowest BCUT2D eigenvalue weighted by atomic mass is 9.77. The van der Waals surface area contributed by atoms with Crippen LogP contribution in [0.3, 0.4) is 0 Å². The molecule has 1 saturated carbocycles. The molecule has 4 heterocycles. The number of benzene rings is 1.